The summed E-state index contributed by atoms with van der Waals surface area (Å²) in [4.78, 5) is 0. The largest absolute Gasteiger partial charge is 0.496 e. The van der Waals surface area contributed by atoms with Crippen LogP contribution >= 0.6 is 0 Å². The van der Waals surface area contributed by atoms with E-state index in [2.05, 4.69) is 0 Å². The lowest BCUT2D eigenvalue weighted by atomic mass is 10.1. The van der Waals surface area contributed by atoms with Gasteiger partial charge in [-0.05, 0) is 31.6 Å². The van der Waals surface area contributed by atoms with Crippen LogP contribution in [0.3, 0.4) is 0 Å². The number of rotatable bonds is 3. The van der Waals surface area contributed by atoms with Crippen LogP contribution in [0.4, 0.5) is 0 Å². The zero-order valence-corrected chi connectivity index (χ0v) is 9.13. The SMILES string of the molecule is CC=C(C)c1c(OC)cccc1OC. The number of hydrogen-bond donors (Lipinski definition) is 0. The third kappa shape index (κ3) is 1.90. The molecule has 1 aromatic rings. The maximum absolute atomic E-state index is 5.29. The van der Waals surface area contributed by atoms with Crippen molar-refractivity contribution >= 4 is 5.57 Å². The summed E-state index contributed by atoms with van der Waals surface area (Å²) in [5, 5.41) is 0. The summed E-state index contributed by atoms with van der Waals surface area (Å²) in [6, 6.07) is 5.79. The van der Waals surface area contributed by atoms with Gasteiger partial charge in [0.15, 0.2) is 0 Å². The molecule has 0 aliphatic heterocycles. The van der Waals surface area contributed by atoms with E-state index in [9.17, 15) is 0 Å². The minimum absolute atomic E-state index is 0.847. The molecule has 0 radical (unpaired) electrons. The smallest absolute Gasteiger partial charge is 0.130 e. The third-order valence-corrected chi connectivity index (χ3v) is 2.26. The summed E-state index contributed by atoms with van der Waals surface area (Å²) in [7, 11) is 3.34. The van der Waals surface area contributed by atoms with Gasteiger partial charge in [-0.3, -0.25) is 0 Å². The predicted molar refractivity (Wildman–Crippen MR) is 58.9 cm³/mol. The lowest BCUT2D eigenvalue weighted by molar-refractivity contribution is 0.392. The quantitative estimate of drug-likeness (QED) is 0.732. The molecule has 0 aliphatic carbocycles. The molecule has 0 heterocycles. The van der Waals surface area contributed by atoms with Gasteiger partial charge in [0.1, 0.15) is 11.5 Å². The Morgan fingerprint density at radius 2 is 1.64 bits per heavy atom. The molecule has 0 amide bonds. The minimum Gasteiger partial charge on any atom is -0.496 e. The normalized spacial score (nSPS) is 11.3. The molecule has 1 rings (SSSR count). The van der Waals surface area contributed by atoms with Crippen LogP contribution in [0.5, 0.6) is 11.5 Å². The molecule has 0 aromatic heterocycles. The Labute approximate surface area is 85.2 Å². The van der Waals surface area contributed by atoms with Crippen LogP contribution in [0, 0.1) is 0 Å². The average Bonchev–Trinajstić information content (AvgIpc) is 2.26. The van der Waals surface area contributed by atoms with E-state index in [-0.39, 0.29) is 0 Å². The van der Waals surface area contributed by atoms with Crippen molar-refractivity contribution in [2.24, 2.45) is 0 Å². The summed E-state index contributed by atoms with van der Waals surface area (Å²) in [5.41, 5.74) is 2.18. The lowest BCUT2D eigenvalue weighted by Gasteiger charge is -2.12. The first-order valence-electron chi connectivity index (χ1n) is 4.58. The topological polar surface area (TPSA) is 18.5 Å². The van der Waals surface area contributed by atoms with Crippen LogP contribution in [0.2, 0.25) is 0 Å². The molecular weight excluding hydrogens is 176 g/mol. The second-order valence-corrected chi connectivity index (χ2v) is 3.01. The monoisotopic (exact) mass is 192 g/mol. The number of methoxy groups -OCH3 is 2. The predicted octanol–water partition coefficient (Wildman–Crippen LogP) is 3.13. The van der Waals surface area contributed by atoms with Crippen LogP contribution in [0.15, 0.2) is 24.3 Å². The number of benzene rings is 1. The zero-order valence-electron chi connectivity index (χ0n) is 9.13. The Balaban J connectivity index is 3.33. The van der Waals surface area contributed by atoms with Gasteiger partial charge in [-0.25, -0.2) is 0 Å². The van der Waals surface area contributed by atoms with E-state index in [1.165, 1.54) is 0 Å². The van der Waals surface area contributed by atoms with Gasteiger partial charge in [0.05, 0.1) is 19.8 Å². The molecule has 0 saturated carbocycles. The van der Waals surface area contributed by atoms with Crippen molar-refractivity contribution < 1.29 is 9.47 Å². The molecule has 0 unspecified atom stereocenters. The summed E-state index contributed by atoms with van der Waals surface area (Å²) >= 11 is 0. The fourth-order valence-electron chi connectivity index (χ4n) is 1.38. The van der Waals surface area contributed by atoms with Gasteiger partial charge in [0, 0.05) is 0 Å². The molecule has 0 bridgehead atoms. The average molecular weight is 192 g/mol. The highest BCUT2D eigenvalue weighted by Gasteiger charge is 2.10. The highest BCUT2D eigenvalue weighted by atomic mass is 16.5. The first kappa shape index (κ1) is 10.6. The highest BCUT2D eigenvalue weighted by Crippen LogP contribution is 2.34. The summed E-state index contributed by atoms with van der Waals surface area (Å²) in [6.45, 7) is 4.04. The van der Waals surface area contributed by atoms with Crippen molar-refractivity contribution in [2.45, 2.75) is 13.8 Å². The Morgan fingerprint density at radius 3 is 2.00 bits per heavy atom. The number of hydrogen-bond acceptors (Lipinski definition) is 2. The van der Waals surface area contributed by atoms with Crippen molar-refractivity contribution in [3.8, 4) is 11.5 Å². The number of allylic oxidation sites excluding steroid dienone is 2. The fourth-order valence-corrected chi connectivity index (χ4v) is 1.38. The van der Waals surface area contributed by atoms with Crippen LogP contribution in [-0.4, -0.2) is 14.2 Å². The van der Waals surface area contributed by atoms with Gasteiger partial charge in [0.2, 0.25) is 0 Å². The fraction of sp³-hybridized carbons (Fsp3) is 0.333. The van der Waals surface area contributed by atoms with E-state index in [1.807, 2.05) is 38.1 Å². The van der Waals surface area contributed by atoms with Crippen LogP contribution in [-0.2, 0) is 0 Å². The van der Waals surface area contributed by atoms with Gasteiger partial charge in [-0.15, -0.1) is 0 Å². The lowest BCUT2D eigenvalue weighted by Crippen LogP contribution is -1.94. The van der Waals surface area contributed by atoms with Gasteiger partial charge in [-0.2, -0.15) is 0 Å². The van der Waals surface area contributed by atoms with Crippen molar-refractivity contribution in [2.75, 3.05) is 14.2 Å². The molecule has 0 spiro atoms. The van der Waals surface area contributed by atoms with Gasteiger partial charge < -0.3 is 9.47 Å². The van der Waals surface area contributed by atoms with Crippen LogP contribution < -0.4 is 9.47 Å². The van der Waals surface area contributed by atoms with Crippen molar-refractivity contribution in [3.05, 3.63) is 29.8 Å². The van der Waals surface area contributed by atoms with Crippen LogP contribution in [0.25, 0.3) is 5.57 Å². The first-order valence-corrected chi connectivity index (χ1v) is 4.58. The maximum atomic E-state index is 5.29. The van der Waals surface area contributed by atoms with E-state index >= 15 is 0 Å². The summed E-state index contributed by atoms with van der Waals surface area (Å²) < 4.78 is 10.6. The maximum Gasteiger partial charge on any atom is 0.130 e. The Kier molecular flexibility index (Phi) is 3.57. The third-order valence-electron chi connectivity index (χ3n) is 2.26. The van der Waals surface area contributed by atoms with Gasteiger partial charge >= 0.3 is 0 Å². The van der Waals surface area contributed by atoms with E-state index in [4.69, 9.17) is 9.47 Å². The molecular formula is C12H16O2. The molecule has 2 heteroatoms. The Morgan fingerprint density at radius 1 is 1.14 bits per heavy atom. The van der Waals surface area contributed by atoms with Gasteiger partial charge in [-0.1, -0.05) is 12.1 Å². The van der Waals surface area contributed by atoms with E-state index in [0.717, 1.165) is 22.6 Å². The Hall–Kier alpha value is -1.44. The second kappa shape index (κ2) is 4.70. The summed E-state index contributed by atoms with van der Waals surface area (Å²) in [5.74, 6) is 1.69. The van der Waals surface area contributed by atoms with Crippen LogP contribution in [0.1, 0.15) is 19.4 Å². The standard InChI is InChI=1S/C12H16O2/c1-5-9(2)12-10(13-3)7-6-8-11(12)14-4/h5-8H,1-4H3. The van der Waals surface area contributed by atoms with E-state index in [1.54, 1.807) is 14.2 Å². The van der Waals surface area contributed by atoms with Crippen molar-refractivity contribution in [1.82, 2.24) is 0 Å². The molecule has 1 aromatic carbocycles. The molecule has 0 atom stereocenters. The molecule has 0 saturated heterocycles. The molecule has 0 N–H and O–H groups in total. The number of ether oxygens (including phenoxy) is 2. The minimum atomic E-state index is 0.847. The van der Waals surface area contributed by atoms with E-state index < -0.39 is 0 Å². The molecule has 14 heavy (non-hydrogen) atoms. The van der Waals surface area contributed by atoms with Gasteiger partial charge in [0.25, 0.3) is 0 Å². The Bertz CT molecular complexity index is 318. The second-order valence-electron chi connectivity index (χ2n) is 3.01. The van der Waals surface area contributed by atoms with Crippen molar-refractivity contribution in [3.63, 3.8) is 0 Å². The summed E-state index contributed by atoms with van der Waals surface area (Å²) in [6.07, 6.45) is 2.04. The molecule has 0 fully saturated rings. The molecule has 0 aliphatic rings. The highest BCUT2D eigenvalue weighted by molar-refractivity contribution is 5.73. The van der Waals surface area contributed by atoms with E-state index in [0.29, 0.717) is 0 Å². The van der Waals surface area contributed by atoms with Crippen molar-refractivity contribution in [1.29, 1.82) is 0 Å². The first-order chi connectivity index (χ1) is 6.74. The molecule has 76 valence electrons. The molecule has 2 nitrogen and oxygen atoms in total. The zero-order chi connectivity index (χ0) is 10.6.